The van der Waals surface area contributed by atoms with Gasteiger partial charge in [0.1, 0.15) is 0 Å². The highest BCUT2D eigenvalue weighted by atomic mass is 16.2. The summed E-state index contributed by atoms with van der Waals surface area (Å²) in [6.45, 7) is 2.94. The molecule has 1 aromatic carbocycles. The number of benzene rings is 1. The number of rotatable bonds is 4. The van der Waals surface area contributed by atoms with Gasteiger partial charge in [0.2, 0.25) is 5.91 Å². The van der Waals surface area contributed by atoms with Gasteiger partial charge in [0, 0.05) is 36.7 Å². The largest absolute Gasteiger partial charge is 0.378 e. The van der Waals surface area contributed by atoms with Crippen LogP contribution in [0.5, 0.6) is 0 Å². The third kappa shape index (κ3) is 3.05. The molecule has 0 bridgehead atoms. The van der Waals surface area contributed by atoms with Crippen molar-refractivity contribution in [1.29, 1.82) is 0 Å². The predicted molar refractivity (Wildman–Crippen MR) is 84.3 cm³/mol. The van der Waals surface area contributed by atoms with Gasteiger partial charge in [0.05, 0.1) is 6.04 Å². The van der Waals surface area contributed by atoms with Gasteiger partial charge in [-0.25, -0.2) is 0 Å². The molecule has 1 atom stereocenters. The second-order valence-corrected chi connectivity index (χ2v) is 5.35. The van der Waals surface area contributed by atoms with Crippen LogP contribution in [0.2, 0.25) is 0 Å². The van der Waals surface area contributed by atoms with Crippen LogP contribution < -0.4 is 10.2 Å². The van der Waals surface area contributed by atoms with Crippen LogP contribution in [0.25, 0.3) is 0 Å². The molecule has 4 heteroatoms. The second kappa shape index (κ2) is 5.95. The van der Waals surface area contributed by atoms with Gasteiger partial charge in [-0.3, -0.25) is 9.78 Å². The first-order valence-electron chi connectivity index (χ1n) is 7.31. The zero-order chi connectivity index (χ0) is 14.7. The van der Waals surface area contributed by atoms with Crippen molar-refractivity contribution in [3.63, 3.8) is 0 Å². The van der Waals surface area contributed by atoms with Crippen LogP contribution in [0.4, 0.5) is 11.4 Å². The van der Waals surface area contributed by atoms with Crippen LogP contribution in [0.15, 0.2) is 48.8 Å². The summed E-state index contributed by atoms with van der Waals surface area (Å²) in [5, 5.41) is 3.44. The van der Waals surface area contributed by atoms with E-state index in [1.165, 1.54) is 0 Å². The van der Waals surface area contributed by atoms with E-state index in [-0.39, 0.29) is 11.9 Å². The van der Waals surface area contributed by atoms with Crippen LogP contribution in [-0.2, 0) is 4.79 Å². The summed E-state index contributed by atoms with van der Waals surface area (Å²) in [7, 11) is 0. The Hall–Kier alpha value is -2.36. The Morgan fingerprint density at radius 2 is 2.05 bits per heavy atom. The fourth-order valence-corrected chi connectivity index (χ4v) is 2.62. The lowest BCUT2D eigenvalue weighted by Gasteiger charge is -2.18. The summed E-state index contributed by atoms with van der Waals surface area (Å²) < 4.78 is 0. The quantitative estimate of drug-likeness (QED) is 0.934. The Labute approximate surface area is 124 Å². The Kier molecular flexibility index (Phi) is 3.86. The first kappa shape index (κ1) is 13.6. The van der Waals surface area contributed by atoms with E-state index in [9.17, 15) is 4.79 Å². The van der Waals surface area contributed by atoms with Crippen LogP contribution >= 0.6 is 0 Å². The van der Waals surface area contributed by atoms with Crippen LogP contribution in [0.1, 0.15) is 31.4 Å². The summed E-state index contributed by atoms with van der Waals surface area (Å²) >= 11 is 0. The molecule has 1 amide bonds. The lowest BCUT2D eigenvalue weighted by atomic mass is 10.1. The maximum atomic E-state index is 11.7. The number of hydrogen-bond acceptors (Lipinski definition) is 3. The number of nitrogens with one attached hydrogen (secondary N) is 1. The second-order valence-electron chi connectivity index (χ2n) is 5.35. The molecule has 21 heavy (non-hydrogen) atoms. The van der Waals surface area contributed by atoms with Crippen molar-refractivity contribution in [3.8, 4) is 0 Å². The van der Waals surface area contributed by atoms with Crippen molar-refractivity contribution in [2.75, 3.05) is 16.8 Å². The zero-order valence-electron chi connectivity index (χ0n) is 12.1. The summed E-state index contributed by atoms with van der Waals surface area (Å²) in [4.78, 5) is 17.7. The molecule has 2 heterocycles. The number of carbonyl (C=O) groups is 1. The average Bonchev–Trinajstić information content (AvgIpc) is 2.95. The van der Waals surface area contributed by atoms with Gasteiger partial charge in [-0.15, -0.1) is 0 Å². The van der Waals surface area contributed by atoms with Crippen molar-refractivity contribution in [2.45, 2.75) is 25.8 Å². The third-order valence-electron chi connectivity index (χ3n) is 3.82. The molecular weight excluding hydrogens is 262 g/mol. The maximum absolute atomic E-state index is 11.7. The van der Waals surface area contributed by atoms with Crippen LogP contribution in [-0.4, -0.2) is 17.4 Å². The highest BCUT2D eigenvalue weighted by Gasteiger charge is 2.21. The fraction of sp³-hybridized carbons (Fsp3) is 0.294. The average molecular weight is 281 g/mol. The van der Waals surface area contributed by atoms with Crippen molar-refractivity contribution in [2.24, 2.45) is 0 Å². The zero-order valence-corrected chi connectivity index (χ0v) is 12.1. The Balaban J connectivity index is 1.68. The van der Waals surface area contributed by atoms with Gasteiger partial charge in [-0.05, 0) is 49.2 Å². The van der Waals surface area contributed by atoms with E-state index in [4.69, 9.17) is 0 Å². The number of aromatic nitrogens is 1. The molecule has 1 N–H and O–H groups in total. The molecule has 1 aliphatic heterocycles. The summed E-state index contributed by atoms with van der Waals surface area (Å²) in [6.07, 6.45) is 5.27. The number of anilines is 2. The smallest absolute Gasteiger partial charge is 0.227 e. The van der Waals surface area contributed by atoms with Crippen molar-refractivity contribution >= 4 is 17.3 Å². The molecule has 0 aliphatic carbocycles. The number of hydrogen-bond donors (Lipinski definition) is 1. The van der Waals surface area contributed by atoms with E-state index in [1.807, 2.05) is 41.4 Å². The predicted octanol–water partition coefficient (Wildman–Crippen LogP) is 3.38. The van der Waals surface area contributed by atoms with Crippen LogP contribution in [0, 0.1) is 0 Å². The van der Waals surface area contributed by atoms with E-state index in [1.54, 1.807) is 6.20 Å². The molecular formula is C17H19N3O. The first-order chi connectivity index (χ1) is 10.2. The van der Waals surface area contributed by atoms with Crippen molar-refractivity contribution in [1.82, 2.24) is 4.98 Å². The number of amides is 1. The molecule has 1 aliphatic rings. The molecule has 1 unspecified atom stereocenters. The minimum atomic E-state index is 0.193. The maximum Gasteiger partial charge on any atom is 0.227 e. The van der Waals surface area contributed by atoms with E-state index in [0.717, 1.165) is 29.9 Å². The molecule has 0 radical (unpaired) electrons. The number of nitrogens with zero attached hydrogens (tertiary/aromatic N) is 2. The van der Waals surface area contributed by atoms with Gasteiger partial charge in [0.15, 0.2) is 0 Å². The highest BCUT2D eigenvalue weighted by molar-refractivity contribution is 5.95. The molecule has 2 aromatic rings. The number of pyridine rings is 1. The van der Waals surface area contributed by atoms with Gasteiger partial charge < -0.3 is 10.2 Å². The van der Waals surface area contributed by atoms with Gasteiger partial charge in [-0.1, -0.05) is 6.07 Å². The van der Waals surface area contributed by atoms with E-state index < -0.39 is 0 Å². The highest BCUT2D eigenvalue weighted by Crippen LogP contribution is 2.25. The molecule has 1 fully saturated rings. The SMILES string of the molecule is CC(Nc1ccc(N2CCCC2=O)cc1)c1cccnc1. The lowest BCUT2D eigenvalue weighted by molar-refractivity contribution is -0.117. The van der Waals surface area contributed by atoms with E-state index >= 15 is 0 Å². The van der Waals surface area contributed by atoms with E-state index in [2.05, 4.69) is 23.3 Å². The summed E-state index contributed by atoms with van der Waals surface area (Å²) in [6, 6.07) is 12.2. The Morgan fingerprint density at radius 1 is 1.24 bits per heavy atom. The van der Waals surface area contributed by atoms with Gasteiger partial charge in [-0.2, -0.15) is 0 Å². The molecule has 1 saturated heterocycles. The molecule has 4 nitrogen and oxygen atoms in total. The normalized spacial score (nSPS) is 16.0. The minimum absolute atomic E-state index is 0.193. The third-order valence-corrected chi connectivity index (χ3v) is 3.82. The fourth-order valence-electron chi connectivity index (χ4n) is 2.62. The minimum Gasteiger partial charge on any atom is -0.378 e. The molecule has 108 valence electrons. The Morgan fingerprint density at radius 3 is 2.67 bits per heavy atom. The summed E-state index contributed by atoms with van der Waals surface area (Å²) in [5.41, 5.74) is 3.18. The standard InChI is InChI=1S/C17H19N3O/c1-13(14-4-2-10-18-12-14)19-15-6-8-16(9-7-15)20-11-3-5-17(20)21/h2,4,6-10,12-13,19H,3,5,11H2,1H3. The van der Waals surface area contributed by atoms with Crippen LogP contribution in [0.3, 0.4) is 0 Å². The molecule has 1 aromatic heterocycles. The molecule has 0 saturated carbocycles. The number of carbonyl (C=O) groups excluding carboxylic acids is 1. The van der Waals surface area contributed by atoms with E-state index in [0.29, 0.717) is 6.42 Å². The molecule has 3 rings (SSSR count). The first-order valence-corrected chi connectivity index (χ1v) is 7.31. The Bertz CT molecular complexity index is 610. The lowest BCUT2D eigenvalue weighted by Crippen LogP contribution is -2.23. The van der Waals surface area contributed by atoms with Gasteiger partial charge >= 0.3 is 0 Å². The van der Waals surface area contributed by atoms with Crippen molar-refractivity contribution in [3.05, 3.63) is 54.4 Å². The topological polar surface area (TPSA) is 45.2 Å². The molecule has 0 spiro atoms. The van der Waals surface area contributed by atoms with Crippen molar-refractivity contribution < 1.29 is 4.79 Å². The summed E-state index contributed by atoms with van der Waals surface area (Å²) in [5.74, 6) is 0.222. The monoisotopic (exact) mass is 281 g/mol. The van der Waals surface area contributed by atoms with Gasteiger partial charge in [0.25, 0.3) is 0 Å².